The molecule has 21 heavy (non-hydrogen) atoms. The SMILES string of the molecule is CC(C)NCCc1ccc(COc2ccc(F)cc2)cc1. The highest BCUT2D eigenvalue weighted by Gasteiger charge is 1.99. The van der Waals surface area contributed by atoms with Crippen LogP contribution >= 0.6 is 0 Å². The van der Waals surface area contributed by atoms with Crippen molar-refractivity contribution in [2.75, 3.05) is 6.54 Å². The Hall–Kier alpha value is -1.87. The van der Waals surface area contributed by atoms with E-state index in [0.717, 1.165) is 18.5 Å². The van der Waals surface area contributed by atoms with Crippen LogP contribution in [0.15, 0.2) is 48.5 Å². The molecule has 112 valence electrons. The third-order valence-electron chi connectivity index (χ3n) is 3.21. The highest BCUT2D eigenvalue weighted by Crippen LogP contribution is 2.14. The van der Waals surface area contributed by atoms with Crippen molar-refractivity contribution in [2.24, 2.45) is 0 Å². The van der Waals surface area contributed by atoms with E-state index < -0.39 is 0 Å². The molecule has 0 aliphatic carbocycles. The second kappa shape index (κ2) is 7.79. The molecule has 0 saturated carbocycles. The van der Waals surface area contributed by atoms with Crippen LogP contribution in [0.3, 0.4) is 0 Å². The van der Waals surface area contributed by atoms with Gasteiger partial charge in [-0.2, -0.15) is 0 Å². The lowest BCUT2D eigenvalue weighted by Crippen LogP contribution is -2.24. The highest BCUT2D eigenvalue weighted by atomic mass is 19.1. The van der Waals surface area contributed by atoms with Crippen molar-refractivity contribution in [1.82, 2.24) is 5.32 Å². The first kappa shape index (κ1) is 15.5. The lowest BCUT2D eigenvalue weighted by molar-refractivity contribution is 0.305. The maximum atomic E-state index is 12.8. The molecule has 0 radical (unpaired) electrons. The van der Waals surface area contributed by atoms with Crippen LogP contribution in [0.4, 0.5) is 4.39 Å². The van der Waals surface area contributed by atoms with Crippen molar-refractivity contribution < 1.29 is 9.13 Å². The van der Waals surface area contributed by atoms with Gasteiger partial charge in [-0.25, -0.2) is 4.39 Å². The molecule has 0 heterocycles. The first-order valence-electron chi connectivity index (χ1n) is 7.33. The Balaban J connectivity index is 1.80. The minimum atomic E-state index is -0.248. The lowest BCUT2D eigenvalue weighted by Gasteiger charge is -2.09. The van der Waals surface area contributed by atoms with Crippen LogP contribution < -0.4 is 10.1 Å². The van der Waals surface area contributed by atoms with E-state index in [0.29, 0.717) is 18.4 Å². The van der Waals surface area contributed by atoms with Gasteiger partial charge in [0.05, 0.1) is 0 Å². The molecule has 0 fully saturated rings. The van der Waals surface area contributed by atoms with Gasteiger partial charge in [-0.1, -0.05) is 38.1 Å². The fourth-order valence-electron chi connectivity index (χ4n) is 2.00. The van der Waals surface area contributed by atoms with Crippen LogP contribution in [0.5, 0.6) is 5.75 Å². The molecule has 1 N–H and O–H groups in total. The molecular weight excluding hydrogens is 265 g/mol. The number of ether oxygens (including phenoxy) is 1. The van der Waals surface area contributed by atoms with E-state index in [1.165, 1.54) is 17.7 Å². The molecule has 2 rings (SSSR count). The second-order valence-corrected chi connectivity index (χ2v) is 5.42. The molecule has 0 aliphatic rings. The van der Waals surface area contributed by atoms with Crippen LogP contribution in [-0.4, -0.2) is 12.6 Å². The molecule has 0 spiro atoms. The van der Waals surface area contributed by atoms with E-state index in [4.69, 9.17) is 4.74 Å². The fraction of sp³-hybridized carbons (Fsp3) is 0.333. The topological polar surface area (TPSA) is 21.3 Å². The van der Waals surface area contributed by atoms with Gasteiger partial charge in [0.2, 0.25) is 0 Å². The molecular formula is C18H22FNO. The van der Waals surface area contributed by atoms with Gasteiger partial charge in [-0.15, -0.1) is 0 Å². The van der Waals surface area contributed by atoms with Crippen molar-refractivity contribution in [2.45, 2.75) is 32.9 Å². The van der Waals surface area contributed by atoms with Gasteiger partial charge in [0.1, 0.15) is 18.2 Å². The zero-order valence-corrected chi connectivity index (χ0v) is 12.6. The highest BCUT2D eigenvalue weighted by molar-refractivity contribution is 5.25. The average Bonchev–Trinajstić information content (AvgIpc) is 2.48. The zero-order valence-electron chi connectivity index (χ0n) is 12.6. The van der Waals surface area contributed by atoms with Gasteiger partial charge in [-0.3, -0.25) is 0 Å². The van der Waals surface area contributed by atoms with Gasteiger partial charge in [-0.05, 0) is 48.4 Å². The molecule has 0 aliphatic heterocycles. The minimum absolute atomic E-state index is 0.248. The van der Waals surface area contributed by atoms with Crippen LogP contribution in [-0.2, 0) is 13.0 Å². The minimum Gasteiger partial charge on any atom is -0.489 e. The normalized spacial score (nSPS) is 10.9. The molecule has 3 heteroatoms. The standard InChI is InChI=1S/C18H22FNO/c1-14(2)20-12-11-15-3-5-16(6-4-15)13-21-18-9-7-17(19)8-10-18/h3-10,14,20H,11-13H2,1-2H3. The number of benzene rings is 2. The quantitative estimate of drug-likeness (QED) is 0.832. The molecule has 0 atom stereocenters. The number of rotatable bonds is 7. The van der Waals surface area contributed by atoms with Gasteiger partial charge in [0.25, 0.3) is 0 Å². The summed E-state index contributed by atoms with van der Waals surface area (Å²) in [5.74, 6) is 0.434. The summed E-state index contributed by atoms with van der Waals surface area (Å²) in [5.41, 5.74) is 2.42. The summed E-state index contributed by atoms with van der Waals surface area (Å²) < 4.78 is 18.4. The molecule has 0 unspecified atom stereocenters. The monoisotopic (exact) mass is 287 g/mol. The molecule has 0 aromatic heterocycles. The van der Waals surface area contributed by atoms with Crippen LogP contribution in [0, 0.1) is 5.82 Å². The summed E-state index contributed by atoms with van der Waals surface area (Å²) in [4.78, 5) is 0. The largest absolute Gasteiger partial charge is 0.489 e. The predicted molar refractivity (Wildman–Crippen MR) is 84.0 cm³/mol. The first-order valence-corrected chi connectivity index (χ1v) is 7.33. The number of halogens is 1. The van der Waals surface area contributed by atoms with Crippen molar-refractivity contribution in [1.29, 1.82) is 0 Å². The number of hydrogen-bond donors (Lipinski definition) is 1. The predicted octanol–water partition coefficient (Wildman–Crippen LogP) is 3.95. The molecule has 2 aromatic carbocycles. The molecule has 2 nitrogen and oxygen atoms in total. The molecule has 0 bridgehead atoms. The molecule has 0 saturated heterocycles. The summed E-state index contributed by atoms with van der Waals surface area (Å²) >= 11 is 0. The second-order valence-electron chi connectivity index (χ2n) is 5.42. The van der Waals surface area contributed by atoms with E-state index in [2.05, 4.69) is 43.4 Å². The van der Waals surface area contributed by atoms with E-state index in [1.54, 1.807) is 12.1 Å². The van der Waals surface area contributed by atoms with Crippen molar-refractivity contribution in [3.63, 3.8) is 0 Å². The summed E-state index contributed by atoms with van der Waals surface area (Å²) in [6.07, 6.45) is 1.03. The maximum absolute atomic E-state index is 12.8. The van der Waals surface area contributed by atoms with Crippen molar-refractivity contribution >= 4 is 0 Å². The van der Waals surface area contributed by atoms with Crippen molar-refractivity contribution in [3.8, 4) is 5.75 Å². The van der Waals surface area contributed by atoms with Gasteiger partial charge < -0.3 is 10.1 Å². The summed E-state index contributed by atoms with van der Waals surface area (Å²) in [7, 11) is 0. The number of hydrogen-bond acceptors (Lipinski definition) is 2. The lowest BCUT2D eigenvalue weighted by atomic mass is 10.1. The van der Waals surface area contributed by atoms with Crippen LogP contribution in [0.1, 0.15) is 25.0 Å². The van der Waals surface area contributed by atoms with Crippen LogP contribution in [0.25, 0.3) is 0 Å². The third-order valence-corrected chi connectivity index (χ3v) is 3.21. The Morgan fingerprint density at radius 3 is 2.19 bits per heavy atom. The average molecular weight is 287 g/mol. The van der Waals surface area contributed by atoms with Gasteiger partial charge >= 0.3 is 0 Å². The molecule has 0 amide bonds. The Bertz CT molecular complexity index is 534. The van der Waals surface area contributed by atoms with Crippen molar-refractivity contribution in [3.05, 3.63) is 65.5 Å². The first-order chi connectivity index (χ1) is 10.1. The van der Waals surface area contributed by atoms with E-state index >= 15 is 0 Å². The Kier molecular flexibility index (Phi) is 5.76. The zero-order chi connectivity index (χ0) is 15.1. The van der Waals surface area contributed by atoms with Gasteiger partial charge in [0.15, 0.2) is 0 Å². The van der Waals surface area contributed by atoms with E-state index in [-0.39, 0.29) is 5.82 Å². The third kappa shape index (κ3) is 5.56. The van der Waals surface area contributed by atoms with Gasteiger partial charge in [0, 0.05) is 6.04 Å². The Morgan fingerprint density at radius 2 is 1.57 bits per heavy atom. The smallest absolute Gasteiger partial charge is 0.123 e. The maximum Gasteiger partial charge on any atom is 0.123 e. The molecule has 2 aromatic rings. The summed E-state index contributed by atoms with van der Waals surface area (Å²) in [6.45, 7) is 5.78. The Morgan fingerprint density at radius 1 is 0.952 bits per heavy atom. The fourth-order valence-corrected chi connectivity index (χ4v) is 2.00. The van der Waals surface area contributed by atoms with E-state index in [1.807, 2.05) is 0 Å². The number of nitrogens with one attached hydrogen (secondary N) is 1. The van der Waals surface area contributed by atoms with Crippen LogP contribution in [0.2, 0.25) is 0 Å². The summed E-state index contributed by atoms with van der Waals surface area (Å²) in [6, 6.07) is 15.0. The van der Waals surface area contributed by atoms with E-state index in [9.17, 15) is 4.39 Å². The summed E-state index contributed by atoms with van der Waals surface area (Å²) in [5, 5.41) is 3.40. The Labute approximate surface area is 126 Å².